The van der Waals surface area contributed by atoms with E-state index in [4.69, 9.17) is 4.74 Å². The van der Waals surface area contributed by atoms with Gasteiger partial charge in [0, 0.05) is 7.11 Å². The molecule has 0 fully saturated rings. The largest absolute Gasteiger partial charge is 0.379 e. The first kappa shape index (κ1) is 18.2. The Bertz CT molecular complexity index is 400. The molecular weight excluding hydrogens is 258 g/mol. The van der Waals surface area contributed by atoms with Gasteiger partial charge in [-0.2, -0.15) is 0 Å². The van der Waals surface area contributed by atoms with Gasteiger partial charge in [0.15, 0.2) is 0 Å². The molecular formula is C19H33NO. The van der Waals surface area contributed by atoms with E-state index in [1.165, 1.54) is 11.1 Å². The number of nitrogens with one attached hydrogen (secondary N) is 1. The predicted molar refractivity (Wildman–Crippen MR) is 91.7 cm³/mol. The highest BCUT2D eigenvalue weighted by atomic mass is 16.5. The third kappa shape index (κ3) is 5.80. The van der Waals surface area contributed by atoms with Crippen molar-refractivity contribution in [1.82, 2.24) is 5.32 Å². The zero-order chi connectivity index (χ0) is 15.8. The van der Waals surface area contributed by atoms with Crippen LogP contribution < -0.4 is 5.32 Å². The number of hydrogen-bond donors (Lipinski definition) is 1. The fraction of sp³-hybridized carbons (Fsp3) is 0.684. The summed E-state index contributed by atoms with van der Waals surface area (Å²) in [6.45, 7) is 12.2. The molecule has 0 amide bonds. The fourth-order valence-corrected chi connectivity index (χ4v) is 2.90. The lowest BCUT2D eigenvalue weighted by molar-refractivity contribution is 0.0326. The first-order chi connectivity index (χ1) is 9.99. The molecule has 0 bridgehead atoms. The second-order valence-corrected chi connectivity index (χ2v) is 6.72. The maximum atomic E-state index is 5.78. The quantitative estimate of drug-likeness (QED) is 0.718. The molecule has 2 atom stereocenters. The Kier molecular flexibility index (Phi) is 7.98. The van der Waals surface area contributed by atoms with Gasteiger partial charge in [-0.1, -0.05) is 58.9 Å². The van der Waals surface area contributed by atoms with Gasteiger partial charge in [0.1, 0.15) is 0 Å². The Balaban J connectivity index is 3.01. The lowest BCUT2D eigenvalue weighted by atomic mass is 9.91. The minimum Gasteiger partial charge on any atom is -0.379 e. The van der Waals surface area contributed by atoms with Crippen LogP contribution in [0.5, 0.6) is 0 Å². The van der Waals surface area contributed by atoms with E-state index >= 15 is 0 Å². The van der Waals surface area contributed by atoms with Gasteiger partial charge in [-0.25, -0.2) is 0 Å². The summed E-state index contributed by atoms with van der Waals surface area (Å²) in [5.41, 5.74) is 2.77. The van der Waals surface area contributed by atoms with Crippen LogP contribution in [-0.4, -0.2) is 19.8 Å². The van der Waals surface area contributed by atoms with Crippen molar-refractivity contribution in [2.45, 2.75) is 59.6 Å². The van der Waals surface area contributed by atoms with Crippen LogP contribution in [0, 0.1) is 11.8 Å². The van der Waals surface area contributed by atoms with Crippen molar-refractivity contribution in [1.29, 1.82) is 0 Å². The van der Waals surface area contributed by atoms with Gasteiger partial charge in [0.25, 0.3) is 0 Å². The van der Waals surface area contributed by atoms with Gasteiger partial charge >= 0.3 is 0 Å². The monoisotopic (exact) mass is 291 g/mol. The summed E-state index contributed by atoms with van der Waals surface area (Å²) < 4.78 is 5.78. The molecule has 0 radical (unpaired) electrons. The van der Waals surface area contributed by atoms with Gasteiger partial charge in [0.2, 0.25) is 0 Å². The van der Waals surface area contributed by atoms with E-state index in [2.05, 4.69) is 64.2 Å². The number of methoxy groups -OCH3 is 1. The molecule has 1 aromatic carbocycles. The Morgan fingerprint density at radius 3 is 2.38 bits per heavy atom. The number of hydrogen-bond acceptors (Lipinski definition) is 2. The van der Waals surface area contributed by atoms with Gasteiger partial charge in [-0.15, -0.1) is 0 Å². The summed E-state index contributed by atoms with van der Waals surface area (Å²) in [5, 5.41) is 3.67. The zero-order valence-corrected chi connectivity index (χ0v) is 14.6. The summed E-state index contributed by atoms with van der Waals surface area (Å²) in [4.78, 5) is 0. The minimum absolute atomic E-state index is 0.200. The van der Waals surface area contributed by atoms with E-state index in [0.29, 0.717) is 11.8 Å². The Hall–Kier alpha value is -0.860. The summed E-state index contributed by atoms with van der Waals surface area (Å²) in [6.07, 6.45) is 2.47. The Labute approximate surface area is 131 Å². The molecule has 1 rings (SSSR count). The van der Waals surface area contributed by atoms with E-state index < -0.39 is 0 Å². The molecule has 21 heavy (non-hydrogen) atoms. The van der Waals surface area contributed by atoms with Gasteiger partial charge in [-0.3, -0.25) is 0 Å². The van der Waals surface area contributed by atoms with E-state index in [1.807, 2.05) is 7.11 Å². The maximum Gasteiger partial charge on any atom is 0.0788 e. The molecule has 1 aromatic rings. The molecule has 1 N–H and O–H groups in total. The summed E-state index contributed by atoms with van der Waals surface area (Å²) in [5.74, 6) is 1.17. The van der Waals surface area contributed by atoms with Crippen LogP contribution >= 0.6 is 0 Å². The van der Waals surface area contributed by atoms with Gasteiger partial charge < -0.3 is 10.1 Å². The molecule has 2 heteroatoms. The van der Waals surface area contributed by atoms with Crippen LogP contribution in [0.15, 0.2) is 24.3 Å². The number of ether oxygens (including phenoxy) is 1. The first-order valence-electron chi connectivity index (χ1n) is 8.34. The number of rotatable bonds is 9. The molecule has 0 saturated heterocycles. The summed E-state index contributed by atoms with van der Waals surface area (Å²) in [7, 11) is 1.82. The molecule has 0 saturated carbocycles. The van der Waals surface area contributed by atoms with Crippen molar-refractivity contribution in [3.63, 3.8) is 0 Å². The fourth-order valence-electron chi connectivity index (χ4n) is 2.90. The second kappa shape index (κ2) is 9.22. The van der Waals surface area contributed by atoms with Gasteiger partial charge in [-0.05, 0) is 42.3 Å². The molecule has 2 nitrogen and oxygen atoms in total. The SMILES string of the molecule is CCCNC(c1cccc(CC(C)C)c1)C(OC)C(C)C. The van der Waals surface area contributed by atoms with E-state index in [9.17, 15) is 0 Å². The Morgan fingerprint density at radius 2 is 1.86 bits per heavy atom. The molecule has 0 spiro atoms. The smallest absolute Gasteiger partial charge is 0.0788 e. The minimum atomic E-state index is 0.200. The van der Waals surface area contributed by atoms with Crippen molar-refractivity contribution in [3.05, 3.63) is 35.4 Å². The molecule has 2 unspecified atom stereocenters. The highest BCUT2D eigenvalue weighted by molar-refractivity contribution is 5.27. The molecule has 0 aromatic heterocycles. The van der Waals surface area contributed by atoms with Crippen molar-refractivity contribution in [2.75, 3.05) is 13.7 Å². The van der Waals surface area contributed by atoms with Crippen LogP contribution in [0.4, 0.5) is 0 Å². The third-order valence-corrected chi connectivity index (χ3v) is 3.83. The van der Waals surface area contributed by atoms with Crippen molar-refractivity contribution in [2.24, 2.45) is 11.8 Å². The summed E-state index contributed by atoms with van der Waals surface area (Å²) in [6, 6.07) is 9.26. The average molecular weight is 291 g/mol. The standard InChI is InChI=1S/C19H33NO/c1-7-11-20-18(19(21-6)15(4)5)17-10-8-9-16(13-17)12-14(2)3/h8-10,13-15,18-20H,7,11-12H2,1-6H3. The topological polar surface area (TPSA) is 21.3 Å². The van der Waals surface area contributed by atoms with E-state index in [0.717, 1.165) is 19.4 Å². The van der Waals surface area contributed by atoms with Crippen LogP contribution in [0.2, 0.25) is 0 Å². The highest BCUT2D eigenvalue weighted by Crippen LogP contribution is 2.26. The lowest BCUT2D eigenvalue weighted by Gasteiger charge is -2.30. The Morgan fingerprint density at radius 1 is 1.14 bits per heavy atom. The molecule has 0 aliphatic heterocycles. The molecule has 0 heterocycles. The normalized spacial score (nSPS) is 14.7. The van der Waals surface area contributed by atoms with Gasteiger partial charge in [0.05, 0.1) is 12.1 Å². The van der Waals surface area contributed by atoms with Crippen molar-refractivity contribution >= 4 is 0 Å². The molecule has 120 valence electrons. The maximum absolute atomic E-state index is 5.78. The van der Waals surface area contributed by atoms with Crippen molar-refractivity contribution < 1.29 is 4.74 Å². The third-order valence-electron chi connectivity index (χ3n) is 3.83. The second-order valence-electron chi connectivity index (χ2n) is 6.72. The lowest BCUT2D eigenvalue weighted by Crippen LogP contribution is -2.37. The van der Waals surface area contributed by atoms with Crippen LogP contribution in [-0.2, 0) is 11.2 Å². The first-order valence-corrected chi connectivity index (χ1v) is 8.34. The van der Waals surface area contributed by atoms with Crippen molar-refractivity contribution in [3.8, 4) is 0 Å². The van der Waals surface area contributed by atoms with Crippen LogP contribution in [0.3, 0.4) is 0 Å². The zero-order valence-electron chi connectivity index (χ0n) is 14.6. The molecule has 0 aliphatic rings. The molecule has 0 aliphatic carbocycles. The predicted octanol–water partition coefficient (Wildman–Crippen LogP) is 4.60. The van der Waals surface area contributed by atoms with E-state index in [-0.39, 0.29) is 12.1 Å². The van der Waals surface area contributed by atoms with Crippen LogP contribution in [0.25, 0.3) is 0 Å². The van der Waals surface area contributed by atoms with E-state index in [1.54, 1.807) is 0 Å². The number of benzene rings is 1. The van der Waals surface area contributed by atoms with Crippen LogP contribution in [0.1, 0.15) is 58.2 Å². The summed E-state index contributed by atoms with van der Waals surface area (Å²) >= 11 is 0. The highest BCUT2D eigenvalue weighted by Gasteiger charge is 2.25. The average Bonchev–Trinajstić information content (AvgIpc) is 2.42.